The smallest absolute Gasteiger partial charge is 0.224 e. The Morgan fingerprint density at radius 1 is 1.19 bits per heavy atom. The lowest BCUT2D eigenvalue weighted by Crippen LogP contribution is -2.45. The van der Waals surface area contributed by atoms with Gasteiger partial charge in [0.15, 0.2) is 0 Å². The minimum Gasteiger partial charge on any atom is -0.356 e. The minimum atomic E-state index is -0.181. The molecule has 2 aromatic carbocycles. The van der Waals surface area contributed by atoms with Crippen molar-refractivity contribution in [3.8, 4) is 0 Å². The largest absolute Gasteiger partial charge is 0.356 e. The van der Waals surface area contributed by atoms with Gasteiger partial charge >= 0.3 is 0 Å². The SMILES string of the molecule is CCNC(=O)[C@@H]1C[C@H](c2cccc(C)c2)CN(Cc2ccccc2F)C1. The average molecular weight is 354 g/mol. The molecule has 3 nitrogen and oxygen atoms in total. The van der Waals surface area contributed by atoms with Gasteiger partial charge in [-0.3, -0.25) is 9.69 Å². The number of nitrogens with one attached hydrogen (secondary N) is 1. The van der Waals surface area contributed by atoms with Crippen LogP contribution in [0, 0.1) is 18.7 Å². The Balaban J connectivity index is 1.82. The van der Waals surface area contributed by atoms with Crippen molar-refractivity contribution in [1.29, 1.82) is 0 Å². The Labute approximate surface area is 155 Å². The lowest BCUT2D eigenvalue weighted by Gasteiger charge is -2.37. The van der Waals surface area contributed by atoms with E-state index in [-0.39, 0.29) is 23.6 Å². The standard InChI is InChI=1S/C22H27FN2O/c1-3-24-22(26)20-12-19(17-9-6-7-16(2)11-17)14-25(15-20)13-18-8-4-5-10-21(18)23/h4-11,19-20H,3,12-15H2,1-2H3,(H,24,26)/t19-,20+/m0/s1. The summed E-state index contributed by atoms with van der Waals surface area (Å²) in [6, 6.07) is 15.4. The molecule has 2 aromatic rings. The third-order valence-electron chi connectivity index (χ3n) is 5.11. The third kappa shape index (κ3) is 4.50. The van der Waals surface area contributed by atoms with Crippen molar-refractivity contribution in [2.75, 3.05) is 19.6 Å². The molecule has 1 aliphatic rings. The van der Waals surface area contributed by atoms with Gasteiger partial charge in [0.05, 0.1) is 5.92 Å². The number of benzene rings is 2. The first-order chi connectivity index (χ1) is 12.6. The number of hydrogen-bond acceptors (Lipinski definition) is 2. The third-order valence-corrected chi connectivity index (χ3v) is 5.11. The van der Waals surface area contributed by atoms with Gasteiger partial charge in [0.1, 0.15) is 5.82 Å². The number of carbonyl (C=O) groups is 1. The van der Waals surface area contributed by atoms with Gasteiger partial charge in [0.2, 0.25) is 5.91 Å². The molecule has 1 saturated heterocycles. The molecule has 2 atom stereocenters. The summed E-state index contributed by atoms with van der Waals surface area (Å²) in [4.78, 5) is 14.7. The number of piperidine rings is 1. The number of nitrogens with zero attached hydrogens (tertiary/aromatic N) is 1. The molecular formula is C22H27FN2O. The molecule has 0 spiro atoms. The number of hydrogen-bond donors (Lipinski definition) is 1. The molecule has 0 radical (unpaired) electrons. The van der Waals surface area contributed by atoms with E-state index >= 15 is 0 Å². The van der Waals surface area contributed by atoms with Crippen LogP contribution in [-0.2, 0) is 11.3 Å². The van der Waals surface area contributed by atoms with Gasteiger partial charge in [-0.15, -0.1) is 0 Å². The maximum Gasteiger partial charge on any atom is 0.224 e. The molecular weight excluding hydrogens is 327 g/mol. The first kappa shape index (κ1) is 18.6. The van der Waals surface area contributed by atoms with Crippen LogP contribution in [0.5, 0.6) is 0 Å². The van der Waals surface area contributed by atoms with E-state index in [0.717, 1.165) is 13.0 Å². The fraction of sp³-hybridized carbons (Fsp3) is 0.409. The van der Waals surface area contributed by atoms with Crippen molar-refractivity contribution in [1.82, 2.24) is 10.2 Å². The highest BCUT2D eigenvalue weighted by atomic mass is 19.1. The van der Waals surface area contributed by atoms with Gasteiger partial charge in [-0.1, -0.05) is 48.0 Å². The summed E-state index contributed by atoms with van der Waals surface area (Å²) >= 11 is 0. The van der Waals surface area contributed by atoms with Crippen molar-refractivity contribution in [3.63, 3.8) is 0 Å². The number of aryl methyl sites for hydroxylation is 1. The van der Waals surface area contributed by atoms with Gasteiger partial charge in [-0.05, 0) is 37.8 Å². The Bertz CT molecular complexity index is 761. The van der Waals surface area contributed by atoms with E-state index in [1.54, 1.807) is 6.07 Å². The molecule has 26 heavy (non-hydrogen) atoms. The molecule has 0 aromatic heterocycles. The minimum absolute atomic E-state index is 0.0685. The van der Waals surface area contributed by atoms with Crippen molar-refractivity contribution >= 4 is 5.91 Å². The highest BCUT2D eigenvalue weighted by Crippen LogP contribution is 2.32. The zero-order valence-corrected chi connectivity index (χ0v) is 15.5. The van der Waals surface area contributed by atoms with Gasteiger partial charge < -0.3 is 5.32 Å². The van der Waals surface area contributed by atoms with Crippen LogP contribution in [0.2, 0.25) is 0 Å². The second kappa shape index (κ2) is 8.45. The maximum absolute atomic E-state index is 14.1. The average Bonchev–Trinajstić information content (AvgIpc) is 2.63. The molecule has 1 N–H and O–H groups in total. The fourth-order valence-corrected chi connectivity index (χ4v) is 3.86. The van der Waals surface area contributed by atoms with Crippen molar-refractivity contribution in [2.24, 2.45) is 5.92 Å². The van der Waals surface area contributed by atoms with E-state index in [1.807, 2.05) is 19.1 Å². The van der Waals surface area contributed by atoms with Crippen LogP contribution in [-0.4, -0.2) is 30.4 Å². The molecule has 1 fully saturated rings. The van der Waals surface area contributed by atoms with Gasteiger partial charge in [-0.25, -0.2) is 4.39 Å². The molecule has 0 unspecified atom stereocenters. The predicted octanol–water partition coefficient (Wildman–Crippen LogP) is 3.88. The van der Waals surface area contributed by atoms with E-state index in [9.17, 15) is 9.18 Å². The first-order valence-electron chi connectivity index (χ1n) is 9.37. The molecule has 0 aliphatic carbocycles. The zero-order chi connectivity index (χ0) is 18.5. The van der Waals surface area contributed by atoms with Crippen LogP contribution in [0.1, 0.15) is 36.0 Å². The highest BCUT2D eigenvalue weighted by Gasteiger charge is 2.32. The fourth-order valence-electron chi connectivity index (χ4n) is 3.86. The molecule has 1 heterocycles. The Kier molecular flexibility index (Phi) is 6.04. The molecule has 1 aliphatic heterocycles. The summed E-state index contributed by atoms with van der Waals surface area (Å²) in [6.07, 6.45) is 0.836. The molecule has 4 heteroatoms. The van der Waals surface area contributed by atoms with Crippen molar-refractivity contribution in [3.05, 3.63) is 71.0 Å². The van der Waals surface area contributed by atoms with Crippen LogP contribution in [0.3, 0.4) is 0 Å². The summed E-state index contributed by atoms with van der Waals surface area (Å²) in [5.74, 6) is 0.132. The van der Waals surface area contributed by atoms with E-state index in [0.29, 0.717) is 25.2 Å². The maximum atomic E-state index is 14.1. The Hall–Kier alpha value is -2.20. The number of halogens is 1. The van der Waals surface area contributed by atoms with Crippen molar-refractivity contribution in [2.45, 2.75) is 32.7 Å². The quantitative estimate of drug-likeness (QED) is 0.884. The van der Waals surface area contributed by atoms with Crippen LogP contribution in [0.25, 0.3) is 0 Å². The molecule has 0 saturated carbocycles. The van der Waals surface area contributed by atoms with Crippen LogP contribution in [0.15, 0.2) is 48.5 Å². The molecule has 1 amide bonds. The lowest BCUT2D eigenvalue weighted by atomic mass is 9.83. The van der Waals surface area contributed by atoms with Crippen LogP contribution in [0.4, 0.5) is 4.39 Å². The first-order valence-corrected chi connectivity index (χ1v) is 9.37. The van der Waals surface area contributed by atoms with E-state index in [4.69, 9.17) is 0 Å². The number of amides is 1. The topological polar surface area (TPSA) is 32.3 Å². The normalized spacial score (nSPS) is 20.7. The summed E-state index contributed by atoms with van der Waals surface area (Å²) < 4.78 is 14.1. The van der Waals surface area contributed by atoms with Gasteiger partial charge in [0, 0.05) is 31.7 Å². The second-order valence-corrected chi connectivity index (χ2v) is 7.22. The monoisotopic (exact) mass is 354 g/mol. The summed E-state index contributed by atoms with van der Waals surface area (Å²) in [6.45, 7) is 6.71. The summed E-state index contributed by atoms with van der Waals surface area (Å²) in [5, 5.41) is 2.95. The van der Waals surface area contributed by atoms with E-state index in [2.05, 4.69) is 41.4 Å². The van der Waals surface area contributed by atoms with Crippen LogP contribution >= 0.6 is 0 Å². The van der Waals surface area contributed by atoms with Crippen LogP contribution < -0.4 is 5.32 Å². The summed E-state index contributed by atoms with van der Waals surface area (Å²) in [7, 11) is 0. The molecule has 0 bridgehead atoms. The van der Waals surface area contributed by atoms with E-state index in [1.165, 1.54) is 17.2 Å². The summed E-state index contributed by atoms with van der Waals surface area (Å²) in [5.41, 5.74) is 3.17. The number of carbonyl (C=O) groups excluding carboxylic acids is 1. The molecule has 138 valence electrons. The second-order valence-electron chi connectivity index (χ2n) is 7.22. The number of rotatable bonds is 5. The predicted molar refractivity (Wildman–Crippen MR) is 102 cm³/mol. The Morgan fingerprint density at radius 2 is 2.00 bits per heavy atom. The van der Waals surface area contributed by atoms with Gasteiger partial charge in [-0.2, -0.15) is 0 Å². The van der Waals surface area contributed by atoms with Crippen molar-refractivity contribution < 1.29 is 9.18 Å². The Morgan fingerprint density at radius 3 is 2.73 bits per heavy atom. The highest BCUT2D eigenvalue weighted by molar-refractivity contribution is 5.79. The zero-order valence-electron chi connectivity index (χ0n) is 15.5. The lowest BCUT2D eigenvalue weighted by molar-refractivity contribution is -0.127. The van der Waals surface area contributed by atoms with Gasteiger partial charge in [0.25, 0.3) is 0 Å². The van der Waals surface area contributed by atoms with E-state index < -0.39 is 0 Å². The molecule has 3 rings (SSSR count). The number of likely N-dealkylation sites (tertiary alicyclic amines) is 1.